The van der Waals surface area contributed by atoms with Gasteiger partial charge in [-0.15, -0.1) is 11.8 Å². The number of thioether (sulfide) groups is 1. The maximum absolute atomic E-state index is 12.3. The van der Waals surface area contributed by atoms with Gasteiger partial charge in [-0.3, -0.25) is 9.59 Å². The van der Waals surface area contributed by atoms with Gasteiger partial charge in [-0.25, -0.2) is 0 Å². The molecule has 0 aromatic heterocycles. The summed E-state index contributed by atoms with van der Waals surface area (Å²) in [6, 6.07) is 15.3. The number of amides is 1. The van der Waals surface area contributed by atoms with Gasteiger partial charge < -0.3 is 5.32 Å². The molecule has 2 rings (SSSR count). The van der Waals surface area contributed by atoms with Gasteiger partial charge in [0.2, 0.25) is 5.91 Å². The van der Waals surface area contributed by atoms with Crippen molar-refractivity contribution in [1.82, 2.24) is 0 Å². The number of hydrogen-bond donors (Lipinski definition) is 1. The molecule has 3 nitrogen and oxygen atoms in total. The fraction of sp³-hybridized carbons (Fsp3) is 0.300. The lowest BCUT2D eigenvalue weighted by molar-refractivity contribution is -0.118. The van der Waals surface area contributed by atoms with Crippen LogP contribution in [0, 0.1) is 12.8 Å². The highest BCUT2D eigenvalue weighted by Crippen LogP contribution is 2.18. The Bertz CT molecular complexity index is 708. The summed E-state index contributed by atoms with van der Waals surface area (Å²) in [5, 5.41) is 2.82. The Morgan fingerprint density at radius 3 is 2.33 bits per heavy atom. The molecule has 0 heterocycles. The Hall–Kier alpha value is -2.07. The molecular weight excluding hydrogens is 318 g/mol. The summed E-state index contributed by atoms with van der Waals surface area (Å²) in [6.45, 7) is 5.78. The zero-order valence-electron chi connectivity index (χ0n) is 14.3. The molecule has 1 N–H and O–H groups in total. The Labute approximate surface area is 147 Å². The lowest BCUT2D eigenvalue weighted by Crippen LogP contribution is -2.17. The molecule has 0 radical (unpaired) electrons. The summed E-state index contributed by atoms with van der Waals surface area (Å²) in [5.41, 5.74) is 3.91. The van der Waals surface area contributed by atoms with Crippen LogP contribution in [-0.4, -0.2) is 17.4 Å². The average molecular weight is 341 g/mol. The van der Waals surface area contributed by atoms with Gasteiger partial charge in [0.1, 0.15) is 0 Å². The van der Waals surface area contributed by atoms with Crippen LogP contribution in [0.2, 0.25) is 0 Å². The first-order chi connectivity index (χ1) is 11.5. The fourth-order valence-corrected chi connectivity index (χ4v) is 3.13. The summed E-state index contributed by atoms with van der Waals surface area (Å²) in [7, 11) is 0. The average Bonchev–Trinajstić information content (AvgIpc) is 2.57. The molecule has 4 heteroatoms. The van der Waals surface area contributed by atoms with E-state index in [1.54, 1.807) is 36.0 Å². The van der Waals surface area contributed by atoms with Crippen LogP contribution in [-0.2, 0) is 10.5 Å². The van der Waals surface area contributed by atoms with Crippen molar-refractivity contribution in [2.24, 2.45) is 5.92 Å². The first kappa shape index (κ1) is 18.3. The number of ketones is 1. The summed E-state index contributed by atoms with van der Waals surface area (Å²) in [4.78, 5) is 23.9. The zero-order valence-corrected chi connectivity index (χ0v) is 15.2. The molecule has 0 atom stereocenters. The van der Waals surface area contributed by atoms with E-state index in [1.165, 1.54) is 11.1 Å². The molecule has 2 aromatic rings. The highest BCUT2D eigenvalue weighted by Gasteiger charge is 2.09. The number of Topliss-reactive ketones (excluding diaryl/α,β-unsaturated/α-hetero) is 1. The van der Waals surface area contributed by atoms with Crippen molar-refractivity contribution in [3.8, 4) is 0 Å². The number of aryl methyl sites for hydroxylation is 1. The number of rotatable bonds is 7. The summed E-state index contributed by atoms with van der Waals surface area (Å²) < 4.78 is 0. The van der Waals surface area contributed by atoms with E-state index in [1.807, 2.05) is 26.0 Å². The molecule has 0 aliphatic carbocycles. The second-order valence-electron chi connectivity index (χ2n) is 6.06. The van der Waals surface area contributed by atoms with Crippen LogP contribution in [0.15, 0.2) is 48.5 Å². The predicted octanol–water partition coefficient (Wildman–Crippen LogP) is 4.71. The fourth-order valence-electron chi connectivity index (χ4n) is 2.14. The Morgan fingerprint density at radius 2 is 1.71 bits per heavy atom. The Morgan fingerprint density at radius 1 is 1.04 bits per heavy atom. The van der Waals surface area contributed by atoms with Gasteiger partial charge >= 0.3 is 0 Å². The van der Waals surface area contributed by atoms with Crippen molar-refractivity contribution in [1.29, 1.82) is 0 Å². The molecular formula is C20H23NO2S. The first-order valence-corrected chi connectivity index (χ1v) is 9.19. The summed E-state index contributed by atoms with van der Waals surface area (Å²) >= 11 is 1.62. The molecule has 0 unspecified atom stereocenters. The number of benzene rings is 2. The predicted molar refractivity (Wildman–Crippen MR) is 102 cm³/mol. The molecule has 0 spiro atoms. The Balaban J connectivity index is 1.86. The summed E-state index contributed by atoms with van der Waals surface area (Å²) in [6.07, 6.45) is 0. The minimum atomic E-state index is -0.0656. The highest BCUT2D eigenvalue weighted by atomic mass is 32.2. The topological polar surface area (TPSA) is 46.2 Å². The maximum atomic E-state index is 12.3. The maximum Gasteiger partial charge on any atom is 0.226 e. The van der Waals surface area contributed by atoms with Gasteiger partial charge in [0.25, 0.3) is 0 Å². The smallest absolute Gasteiger partial charge is 0.226 e. The lowest BCUT2D eigenvalue weighted by Gasteiger charge is -2.08. The number of nitrogens with one attached hydrogen (secondary N) is 1. The van der Waals surface area contributed by atoms with Crippen molar-refractivity contribution >= 4 is 29.1 Å². The highest BCUT2D eigenvalue weighted by molar-refractivity contribution is 7.99. The standard InChI is InChI=1S/C20H23NO2S/c1-14(2)20(23)21-18-10-8-16(9-11-18)19(22)13-24-12-17-7-5-4-6-15(17)3/h4-11,14H,12-13H2,1-3H3,(H,21,23). The molecule has 1 amide bonds. The molecule has 0 saturated heterocycles. The van der Waals surface area contributed by atoms with Crippen LogP contribution in [0.5, 0.6) is 0 Å². The largest absolute Gasteiger partial charge is 0.326 e. The van der Waals surface area contributed by atoms with Gasteiger partial charge in [0.15, 0.2) is 5.78 Å². The first-order valence-electron chi connectivity index (χ1n) is 8.03. The van der Waals surface area contributed by atoms with Crippen LogP contribution >= 0.6 is 11.8 Å². The monoisotopic (exact) mass is 341 g/mol. The molecule has 24 heavy (non-hydrogen) atoms. The SMILES string of the molecule is Cc1ccccc1CSCC(=O)c1ccc(NC(=O)C(C)C)cc1. The van der Waals surface area contributed by atoms with Crippen molar-refractivity contribution < 1.29 is 9.59 Å². The van der Waals surface area contributed by atoms with Gasteiger partial charge in [-0.2, -0.15) is 0 Å². The third-order valence-electron chi connectivity index (χ3n) is 3.75. The molecule has 2 aromatic carbocycles. The Kier molecular flexibility index (Phi) is 6.62. The minimum absolute atomic E-state index is 0.0251. The van der Waals surface area contributed by atoms with Gasteiger partial charge in [-0.05, 0) is 42.3 Å². The van der Waals surface area contributed by atoms with E-state index in [-0.39, 0.29) is 17.6 Å². The molecule has 0 fully saturated rings. The molecule has 126 valence electrons. The molecule has 0 aliphatic rings. The molecule has 0 bridgehead atoms. The van der Waals surface area contributed by atoms with Gasteiger partial charge in [0.05, 0.1) is 5.75 Å². The van der Waals surface area contributed by atoms with E-state index in [0.717, 1.165) is 11.4 Å². The number of hydrogen-bond acceptors (Lipinski definition) is 3. The van der Waals surface area contributed by atoms with E-state index >= 15 is 0 Å². The second-order valence-corrected chi connectivity index (χ2v) is 7.05. The number of anilines is 1. The van der Waals surface area contributed by atoms with Crippen LogP contribution in [0.4, 0.5) is 5.69 Å². The van der Waals surface area contributed by atoms with Crippen molar-refractivity contribution in [2.45, 2.75) is 26.5 Å². The van der Waals surface area contributed by atoms with Crippen molar-refractivity contribution in [2.75, 3.05) is 11.1 Å². The van der Waals surface area contributed by atoms with E-state index in [9.17, 15) is 9.59 Å². The van der Waals surface area contributed by atoms with Gasteiger partial charge in [0, 0.05) is 22.9 Å². The third-order valence-corrected chi connectivity index (χ3v) is 4.73. The molecule has 0 aliphatic heterocycles. The minimum Gasteiger partial charge on any atom is -0.326 e. The molecule has 0 saturated carbocycles. The van der Waals surface area contributed by atoms with E-state index in [2.05, 4.69) is 24.4 Å². The van der Waals surface area contributed by atoms with Crippen LogP contribution in [0.1, 0.15) is 35.3 Å². The van der Waals surface area contributed by atoms with Crippen molar-refractivity contribution in [3.63, 3.8) is 0 Å². The van der Waals surface area contributed by atoms with Crippen LogP contribution < -0.4 is 5.32 Å². The number of carbonyl (C=O) groups excluding carboxylic acids is 2. The van der Waals surface area contributed by atoms with Gasteiger partial charge in [-0.1, -0.05) is 38.1 Å². The van der Waals surface area contributed by atoms with Crippen molar-refractivity contribution in [3.05, 3.63) is 65.2 Å². The van der Waals surface area contributed by atoms with E-state index in [4.69, 9.17) is 0 Å². The number of carbonyl (C=O) groups is 2. The van der Waals surface area contributed by atoms with E-state index < -0.39 is 0 Å². The quantitative estimate of drug-likeness (QED) is 0.742. The van der Waals surface area contributed by atoms with Crippen LogP contribution in [0.3, 0.4) is 0 Å². The summed E-state index contributed by atoms with van der Waals surface area (Å²) in [5.74, 6) is 1.30. The normalized spacial score (nSPS) is 10.7. The zero-order chi connectivity index (χ0) is 17.5. The van der Waals surface area contributed by atoms with E-state index in [0.29, 0.717) is 11.3 Å². The van der Waals surface area contributed by atoms with Crippen LogP contribution in [0.25, 0.3) is 0 Å². The second kappa shape index (κ2) is 8.69. The third kappa shape index (κ3) is 5.24. The lowest BCUT2D eigenvalue weighted by atomic mass is 10.1.